The fraction of sp³-hybridized carbons (Fsp3) is 0.381. The van der Waals surface area contributed by atoms with Crippen LogP contribution in [0.4, 0.5) is 10.2 Å². The highest BCUT2D eigenvalue weighted by Crippen LogP contribution is 2.26. The van der Waals surface area contributed by atoms with Gasteiger partial charge in [0.05, 0.1) is 29.7 Å². The van der Waals surface area contributed by atoms with Gasteiger partial charge in [-0.3, -0.25) is 13.9 Å². The molecule has 1 aromatic carbocycles. The van der Waals surface area contributed by atoms with Crippen molar-refractivity contribution in [3.8, 4) is 0 Å². The summed E-state index contributed by atoms with van der Waals surface area (Å²) in [5, 5.41) is 3.27. The molecule has 0 bridgehead atoms. The molecule has 158 valence electrons. The number of nitrogens with zero attached hydrogens (tertiary/aromatic N) is 4. The molecule has 1 atom stereocenters. The molecule has 1 aliphatic rings. The Hall–Kier alpha value is -2.87. The number of benzene rings is 1. The average molecular weight is 432 g/mol. The molecule has 1 fully saturated rings. The van der Waals surface area contributed by atoms with Gasteiger partial charge in [-0.05, 0) is 36.6 Å². The van der Waals surface area contributed by atoms with Crippen molar-refractivity contribution in [3.63, 3.8) is 0 Å². The number of hydrogen-bond acceptors (Lipinski definition) is 4. The quantitative estimate of drug-likeness (QED) is 0.689. The molecule has 1 aliphatic heterocycles. The van der Waals surface area contributed by atoms with Crippen molar-refractivity contribution in [1.82, 2.24) is 19.0 Å². The summed E-state index contributed by atoms with van der Waals surface area (Å²) in [6.45, 7) is 1.04. The number of nitrogens with one attached hydrogen (secondary N) is 1. The van der Waals surface area contributed by atoms with Crippen molar-refractivity contribution in [1.29, 1.82) is 0 Å². The van der Waals surface area contributed by atoms with Crippen molar-refractivity contribution >= 4 is 34.4 Å². The normalized spacial score (nSPS) is 16.8. The highest BCUT2D eigenvalue weighted by molar-refractivity contribution is 6.30. The summed E-state index contributed by atoms with van der Waals surface area (Å²) in [7, 11) is 3.50. The molecule has 0 spiro atoms. The van der Waals surface area contributed by atoms with Crippen LogP contribution >= 0.6 is 11.6 Å². The second-order valence-corrected chi connectivity index (χ2v) is 8.05. The molecule has 0 aliphatic carbocycles. The zero-order valence-electron chi connectivity index (χ0n) is 16.9. The number of pyridine rings is 1. The molecule has 9 heteroatoms. The fourth-order valence-corrected chi connectivity index (χ4v) is 4.38. The molecule has 30 heavy (non-hydrogen) atoms. The highest BCUT2D eigenvalue weighted by atomic mass is 35.5. The number of imidazole rings is 1. The van der Waals surface area contributed by atoms with Gasteiger partial charge in [-0.1, -0.05) is 11.6 Å². The maximum absolute atomic E-state index is 13.6. The number of carbonyl (C=O) groups is 1. The SMILES string of the molecule is CNc1cc2c(cn1)n(C)c(=O)n2[C@H]1CCCN(C(=O)Cc2cc(F)cc(Cl)c2)C1. The molecular formula is C21H23ClFN5O2. The van der Waals surface area contributed by atoms with Gasteiger partial charge in [0.15, 0.2) is 0 Å². The Morgan fingerprint density at radius 2 is 2.10 bits per heavy atom. The van der Waals surface area contributed by atoms with Crippen molar-refractivity contribution in [2.24, 2.45) is 7.05 Å². The standard InChI is InChI=1S/C21H23ClFN5O2/c1-24-19-10-17-18(11-25-19)26(2)21(30)28(17)16-4-3-5-27(12-16)20(29)8-13-6-14(22)9-15(23)7-13/h6-7,9-11,16H,3-5,8,12H2,1-2H3,(H,24,25)/t16-/m0/s1. The lowest BCUT2D eigenvalue weighted by atomic mass is 10.0. The average Bonchev–Trinajstić information content (AvgIpc) is 2.97. The number of fused-ring (bicyclic) bond motifs is 1. The molecule has 0 saturated carbocycles. The minimum absolute atomic E-state index is 0.0719. The summed E-state index contributed by atoms with van der Waals surface area (Å²) in [6, 6.07) is 5.86. The summed E-state index contributed by atoms with van der Waals surface area (Å²) >= 11 is 5.91. The van der Waals surface area contributed by atoms with E-state index in [-0.39, 0.29) is 29.1 Å². The second kappa shape index (κ2) is 8.10. The predicted octanol–water partition coefficient (Wildman–Crippen LogP) is 2.98. The van der Waals surface area contributed by atoms with Crippen molar-refractivity contribution in [2.75, 3.05) is 25.5 Å². The summed E-state index contributed by atoms with van der Waals surface area (Å²) in [6.07, 6.45) is 3.33. The highest BCUT2D eigenvalue weighted by Gasteiger charge is 2.28. The lowest BCUT2D eigenvalue weighted by Gasteiger charge is -2.33. The van der Waals surface area contributed by atoms with Gasteiger partial charge in [0, 0.05) is 38.3 Å². The Morgan fingerprint density at radius 1 is 1.30 bits per heavy atom. The zero-order valence-corrected chi connectivity index (χ0v) is 17.6. The van der Waals surface area contributed by atoms with E-state index in [2.05, 4.69) is 10.3 Å². The van der Waals surface area contributed by atoms with Crippen LogP contribution in [0.3, 0.4) is 0 Å². The molecule has 1 N–H and O–H groups in total. The summed E-state index contributed by atoms with van der Waals surface area (Å²) < 4.78 is 16.9. The molecule has 1 amide bonds. The smallest absolute Gasteiger partial charge is 0.329 e. The van der Waals surface area contributed by atoms with E-state index in [0.29, 0.717) is 24.5 Å². The van der Waals surface area contributed by atoms with Gasteiger partial charge in [0.1, 0.15) is 11.6 Å². The molecule has 7 nitrogen and oxygen atoms in total. The number of halogens is 2. The fourth-order valence-electron chi connectivity index (χ4n) is 4.14. The van der Waals surface area contributed by atoms with Crippen LogP contribution in [0.5, 0.6) is 0 Å². The Bertz CT molecular complexity index is 1150. The first-order valence-corrected chi connectivity index (χ1v) is 10.2. The Balaban J connectivity index is 1.60. The topological polar surface area (TPSA) is 72.2 Å². The van der Waals surface area contributed by atoms with Crippen molar-refractivity contribution in [3.05, 3.63) is 57.3 Å². The second-order valence-electron chi connectivity index (χ2n) is 7.61. The van der Waals surface area contributed by atoms with E-state index >= 15 is 0 Å². The molecule has 3 aromatic rings. The summed E-state index contributed by atoms with van der Waals surface area (Å²) in [4.78, 5) is 31.9. The Morgan fingerprint density at radius 3 is 2.83 bits per heavy atom. The number of anilines is 1. The third-order valence-electron chi connectivity index (χ3n) is 5.62. The van der Waals surface area contributed by atoms with Crippen molar-refractivity contribution < 1.29 is 9.18 Å². The van der Waals surface area contributed by atoms with E-state index in [1.807, 2.05) is 6.07 Å². The van der Waals surface area contributed by atoms with Crippen LogP contribution in [0.2, 0.25) is 5.02 Å². The molecule has 1 saturated heterocycles. The van der Waals surface area contributed by atoms with E-state index in [4.69, 9.17) is 11.6 Å². The predicted molar refractivity (Wildman–Crippen MR) is 114 cm³/mol. The summed E-state index contributed by atoms with van der Waals surface area (Å²) in [5.41, 5.74) is 1.95. The van der Waals surface area contributed by atoms with Gasteiger partial charge in [-0.2, -0.15) is 0 Å². The number of piperidine rings is 1. The largest absolute Gasteiger partial charge is 0.373 e. The monoisotopic (exact) mass is 431 g/mol. The molecule has 3 heterocycles. The number of aryl methyl sites for hydroxylation is 1. The minimum Gasteiger partial charge on any atom is -0.373 e. The number of carbonyl (C=O) groups excluding carboxylic acids is 1. The molecule has 2 aromatic heterocycles. The van der Waals surface area contributed by atoms with Crippen LogP contribution in [0.25, 0.3) is 11.0 Å². The Kier molecular flexibility index (Phi) is 5.51. The van der Waals surface area contributed by atoms with Crippen LogP contribution in [-0.2, 0) is 18.3 Å². The third-order valence-corrected chi connectivity index (χ3v) is 5.84. The van der Waals surface area contributed by atoms with Gasteiger partial charge in [-0.15, -0.1) is 0 Å². The van der Waals surface area contributed by atoms with Crippen LogP contribution in [0, 0.1) is 5.82 Å². The zero-order chi connectivity index (χ0) is 21.4. The van der Waals surface area contributed by atoms with Gasteiger partial charge in [0.2, 0.25) is 5.91 Å². The summed E-state index contributed by atoms with van der Waals surface area (Å²) in [5.74, 6) is 0.110. The van der Waals surface area contributed by atoms with Gasteiger partial charge >= 0.3 is 5.69 Å². The van der Waals surface area contributed by atoms with Crippen LogP contribution in [-0.4, -0.2) is 45.1 Å². The maximum atomic E-state index is 13.6. The van der Waals surface area contributed by atoms with E-state index in [0.717, 1.165) is 23.9 Å². The molecular weight excluding hydrogens is 409 g/mol. The van der Waals surface area contributed by atoms with Crippen LogP contribution in [0.15, 0.2) is 35.3 Å². The maximum Gasteiger partial charge on any atom is 0.329 e. The van der Waals surface area contributed by atoms with Crippen LogP contribution in [0.1, 0.15) is 24.4 Å². The molecule has 4 rings (SSSR count). The third kappa shape index (κ3) is 3.79. The van der Waals surface area contributed by atoms with Gasteiger partial charge in [-0.25, -0.2) is 14.2 Å². The number of hydrogen-bond donors (Lipinski definition) is 1. The number of amides is 1. The van der Waals surface area contributed by atoms with Gasteiger partial charge in [0.25, 0.3) is 0 Å². The minimum atomic E-state index is -0.460. The van der Waals surface area contributed by atoms with E-state index in [1.54, 1.807) is 40.4 Å². The number of rotatable bonds is 4. The Labute approximate surface area is 178 Å². The molecule has 0 radical (unpaired) electrons. The van der Waals surface area contributed by atoms with Gasteiger partial charge < -0.3 is 10.2 Å². The van der Waals surface area contributed by atoms with Crippen LogP contribution < -0.4 is 11.0 Å². The first-order chi connectivity index (χ1) is 14.4. The van der Waals surface area contributed by atoms with E-state index in [1.165, 1.54) is 12.1 Å². The van der Waals surface area contributed by atoms with Crippen molar-refractivity contribution in [2.45, 2.75) is 25.3 Å². The first kappa shape index (κ1) is 20.4. The number of likely N-dealkylation sites (tertiary alicyclic amines) is 1. The van der Waals surface area contributed by atoms with E-state index < -0.39 is 5.82 Å². The lowest BCUT2D eigenvalue weighted by molar-refractivity contribution is -0.132. The molecule has 0 unspecified atom stereocenters. The lowest BCUT2D eigenvalue weighted by Crippen LogP contribution is -2.43. The first-order valence-electron chi connectivity index (χ1n) is 9.85. The number of aromatic nitrogens is 3. The van der Waals surface area contributed by atoms with E-state index in [9.17, 15) is 14.0 Å².